The number of rotatable bonds is 1. The van der Waals surface area contributed by atoms with E-state index in [1.807, 2.05) is 19.3 Å². The minimum atomic E-state index is -0.318. The summed E-state index contributed by atoms with van der Waals surface area (Å²) in [6.07, 6.45) is 0. The molecule has 0 aromatic heterocycles. The first-order valence-electron chi connectivity index (χ1n) is 4.00. The van der Waals surface area contributed by atoms with E-state index in [0.29, 0.717) is 10.6 Å². The van der Waals surface area contributed by atoms with E-state index in [9.17, 15) is 4.79 Å². The van der Waals surface area contributed by atoms with Gasteiger partial charge in [0.1, 0.15) is 0 Å². The number of nitrogen functional groups attached to an aromatic ring is 1. The molecule has 4 heteroatoms. The zero-order valence-electron chi connectivity index (χ0n) is 7.67. The molecular formula is C9H13ClN2O. The highest BCUT2D eigenvalue weighted by molar-refractivity contribution is 6.30. The maximum atomic E-state index is 10.8. The van der Waals surface area contributed by atoms with E-state index in [4.69, 9.17) is 17.4 Å². The molecule has 1 amide bonds. The van der Waals surface area contributed by atoms with E-state index < -0.39 is 0 Å². The van der Waals surface area contributed by atoms with Crippen LogP contribution in [0, 0.1) is 0 Å². The molecule has 3 N–H and O–H groups in total. The van der Waals surface area contributed by atoms with E-state index in [1.165, 1.54) is 0 Å². The number of halogens is 1. The molecule has 0 aliphatic heterocycles. The third-order valence-electron chi connectivity index (χ3n) is 1.24. The molecule has 0 unspecified atom stereocenters. The summed E-state index contributed by atoms with van der Waals surface area (Å²) in [5.74, 6) is 4.59. The summed E-state index contributed by atoms with van der Waals surface area (Å²) in [7, 11) is 0. The van der Waals surface area contributed by atoms with Crippen molar-refractivity contribution in [1.29, 1.82) is 0 Å². The van der Waals surface area contributed by atoms with Gasteiger partial charge in [-0.25, -0.2) is 5.84 Å². The summed E-state index contributed by atoms with van der Waals surface area (Å²) in [4.78, 5) is 10.8. The van der Waals surface area contributed by atoms with Crippen LogP contribution in [0.4, 0.5) is 0 Å². The molecule has 1 aromatic carbocycles. The molecule has 13 heavy (non-hydrogen) atoms. The van der Waals surface area contributed by atoms with E-state index in [0.717, 1.165) is 0 Å². The lowest BCUT2D eigenvalue weighted by atomic mass is 10.2. The Morgan fingerprint density at radius 1 is 1.31 bits per heavy atom. The Hall–Kier alpha value is -1.06. The summed E-state index contributed by atoms with van der Waals surface area (Å²) in [6, 6.07) is 6.47. The molecule has 3 nitrogen and oxygen atoms in total. The smallest absolute Gasteiger partial charge is 0.265 e. The highest BCUT2D eigenvalue weighted by Crippen LogP contribution is 2.08. The third-order valence-corrected chi connectivity index (χ3v) is 1.49. The lowest BCUT2D eigenvalue weighted by Crippen LogP contribution is -2.29. The minimum absolute atomic E-state index is 0.318. The molecule has 0 bridgehead atoms. The van der Waals surface area contributed by atoms with Crippen molar-refractivity contribution in [1.82, 2.24) is 5.43 Å². The Bertz CT molecular complexity index is 259. The van der Waals surface area contributed by atoms with Gasteiger partial charge in [0, 0.05) is 10.6 Å². The lowest BCUT2D eigenvalue weighted by molar-refractivity contribution is 0.0953. The molecular weight excluding hydrogens is 188 g/mol. The highest BCUT2D eigenvalue weighted by atomic mass is 35.5. The second-order valence-corrected chi connectivity index (χ2v) is 2.42. The molecule has 1 rings (SSSR count). The highest BCUT2D eigenvalue weighted by Gasteiger charge is 2.00. The van der Waals surface area contributed by atoms with E-state index >= 15 is 0 Å². The molecule has 0 radical (unpaired) electrons. The van der Waals surface area contributed by atoms with Crippen molar-refractivity contribution in [2.75, 3.05) is 0 Å². The maximum Gasteiger partial charge on any atom is 0.265 e. The molecule has 0 heterocycles. The van der Waals surface area contributed by atoms with Crippen LogP contribution in [-0.4, -0.2) is 5.91 Å². The summed E-state index contributed by atoms with van der Waals surface area (Å²) in [5.41, 5.74) is 2.52. The summed E-state index contributed by atoms with van der Waals surface area (Å²) >= 11 is 5.60. The Balaban J connectivity index is 0.000000671. The quantitative estimate of drug-likeness (QED) is 0.414. The predicted molar refractivity (Wildman–Crippen MR) is 54.5 cm³/mol. The number of nitrogens with one attached hydrogen (secondary N) is 1. The predicted octanol–water partition coefficient (Wildman–Crippen LogP) is 1.97. The Morgan fingerprint density at radius 3 is 2.15 bits per heavy atom. The number of amides is 1. The number of hydrogen-bond acceptors (Lipinski definition) is 2. The van der Waals surface area contributed by atoms with Crippen molar-refractivity contribution < 1.29 is 4.79 Å². The number of nitrogens with two attached hydrogens (primary N) is 1. The van der Waals surface area contributed by atoms with Crippen LogP contribution in [0.15, 0.2) is 24.3 Å². The second-order valence-electron chi connectivity index (χ2n) is 1.98. The number of hydrogen-bond donors (Lipinski definition) is 2. The fourth-order valence-electron chi connectivity index (χ4n) is 0.685. The van der Waals surface area contributed by atoms with E-state index in [-0.39, 0.29) is 5.91 Å². The second kappa shape index (κ2) is 6.46. The van der Waals surface area contributed by atoms with E-state index in [1.54, 1.807) is 24.3 Å². The van der Waals surface area contributed by atoms with Crippen molar-refractivity contribution in [2.45, 2.75) is 13.8 Å². The van der Waals surface area contributed by atoms with Gasteiger partial charge in [-0.2, -0.15) is 0 Å². The fourth-order valence-corrected chi connectivity index (χ4v) is 0.811. The topological polar surface area (TPSA) is 55.1 Å². The number of carbonyl (C=O) groups excluding carboxylic acids is 1. The fraction of sp³-hybridized carbons (Fsp3) is 0.222. The molecule has 0 saturated carbocycles. The Labute approximate surface area is 82.9 Å². The molecule has 0 aliphatic rings. The zero-order valence-corrected chi connectivity index (χ0v) is 8.43. The van der Waals surface area contributed by atoms with Gasteiger partial charge in [0.2, 0.25) is 0 Å². The SMILES string of the molecule is CC.NNC(=O)c1ccc(Cl)cc1. The largest absolute Gasteiger partial charge is 0.290 e. The van der Waals surface area contributed by atoms with Gasteiger partial charge in [-0.05, 0) is 24.3 Å². The first-order chi connectivity index (χ1) is 6.24. The van der Waals surface area contributed by atoms with Crippen LogP contribution in [-0.2, 0) is 0 Å². The van der Waals surface area contributed by atoms with Crippen molar-refractivity contribution >= 4 is 17.5 Å². The monoisotopic (exact) mass is 200 g/mol. The van der Waals surface area contributed by atoms with Crippen LogP contribution < -0.4 is 11.3 Å². The van der Waals surface area contributed by atoms with Crippen molar-refractivity contribution in [3.05, 3.63) is 34.9 Å². The zero-order chi connectivity index (χ0) is 10.3. The van der Waals surface area contributed by atoms with Gasteiger partial charge in [-0.15, -0.1) is 0 Å². The van der Waals surface area contributed by atoms with Gasteiger partial charge in [-0.3, -0.25) is 10.2 Å². The maximum absolute atomic E-state index is 10.8. The molecule has 1 aromatic rings. The molecule has 0 fully saturated rings. The van der Waals surface area contributed by atoms with Gasteiger partial charge >= 0.3 is 0 Å². The number of carbonyl (C=O) groups is 1. The summed E-state index contributed by atoms with van der Waals surface area (Å²) in [6.45, 7) is 4.00. The van der Waals surface area contributed by atoms with Crippen molar-refractivity contribution in [3.63, 3.8) is 0 Å². The van der Waals surface area contributed by atoms with Gasteiger partial charge in [0.05, 0.1) is 0 Å². The first kappa shape index (κ1) is 11.9. The summed E-state index contributed by atoms with van der Waals surface area (Å²) in [5, 5.41) is 0.596. The van der Waals surface area contributed by atoms with Gasteiger partial charge in [0.15, 0.2) is 0 Å². The van der Waals surface area contributed by atoms with Crippen LogP contribution in [0.5, 0.6) is 0 Å². The minimum Gasteiger partial charge on any atom is -0.290 e. The molecule has 0 saturated heterocycles. The Kier molecular flexibility index (Phi) is 5.93. The van der Waals surface area contributed by atoms with Crippen LogP contribution in [0.25, 0.3) is 0 Å². The molecule has 0 atom stereocenters. The lowest BCUT2D eigenvalue weighted by Gasteiger charge is -1.97. The Morgan fingerprint density at radius 2 is 1.77 bits per heavy atom. The number of benzene rings is 1. The van der Waals surface area contributed by atoms with Crippen molar-refractivity contribution in [2.24, 2.45) is 5.84 Å². The summed E-state index contributed by atoms with van der Waals surface area (Å²) < 4.78 is 0. The van der Waals surface area contributed by atoms with E-state index in [2.05, 4.69) is 0 Å². The average molecular weight is 201 g/mol. The van der Waals surface area contributed by atoms with Gasteiger partial charge in [-0.1, -0.05) is 25.4 Å². The first-order valence-corrected chi connectivity index (χ1v) is 4.38. The van der Waals surface area contributed by atoms with Crippen LogP contribution in [0.2, 0.25) is 5.02 Å². The standard InChI is InChI=1S/C7H7ClN2O.C2H6/c8-6-3-1-5(2-4-6)7(11)10-9;1-2/h1-4H,9H2,(H,10,11);1-2H3. The number of hydrazine groups is 1. The molecule has 0 aliphatic carbocycles. The van der Waals surface area contributed by atoms with Crippen LogP contribution in [0.1, 0.15) is 24.2 Å². The van der Waals surface area contributed by atoms with Gasteiger partial charge in [0.25, 0.3) is 5.91 Å². The third kappa shape index (κ3) is 3.92. The van der Waals surface area contributed by atoms with Gasteiger partial charge < -0.3 is 0 Å². The van der Waals surface area contributed by atoms with Crippen LogP contribution in [0.3, 0.4) is 0 Å². The molecule has 0 spiro atoms. The van der Waals surface area contributed by atoms with Crippen LogP contribution >= 0.6 is 11.6 Å². The normalized spacial score (nSPS) is 8.31. The average Bonchev–Trinajstić information content (AvgIpc) is 2.21. The molecule has 72 valence electrons. The van der Waals surface area contributed by atoms with Crippen molar-refractivity contribution in [3.8, 4) is 0 Å².